The summed E-state index contributed by atoms with van der Waals surface area (Å²) in [5, 5.41) is 7.65. The molecule has 17 heavy (non-hydrogen) atoms. The minimum atomic E-state index is 0. The Morgan fingerprint density at radius 1 is 1.29 bits per heavy atom. The van der Waals surface area contributed by atoms with Crippen LogP contribution < -0.4 is 74.2 Å². The van der Waals surface area contributed by atoms with E-state index < -0.39 is 0 Å². The van der Waals surface area contributed by atoms with Gasteiger partial charge in [-0.15, -0.1) is 6.54 Å². The largest absolute Gasteiger partial charge is 1.00 e. The number of fused-ring (bicyclic) bond motifs is 1. The van der Waals surface area contributed by atoms with Gasteiger partial charge in [0.25, 0.3) is 0 Å². The Morgan fingerprint density at radius 2 is 1.94 bits per heavy atom. The molecule has 2 nitrogen and oxygen atoms in total. The normalized spacial score (nSPS) is 20.5. The van der Waals surface area contributed by atoms with E-state index in [4.69, 9.17) is 0 Å². The van der Waals surface area contributed by atoms with Gasteiger partial charge in [0.1, 0.15) is 0 Å². The van der Waals surface area contributed by atoms with E-state index in [-0.39, 0.29) is 74.3 Å². The molecule has 0 fully saturated rings. The summed E-state index contributed by atoms with van der Waals surface area (Å²) in [4.78, 5) is 0. The molecule has 1 atom stereocenters. The van der Waals surface area contributed by atoms with Crippen molar-refractivity contribution in [3.8, 4) is 0 Å². The fraction of sp³-hybridized carbons (Fsp3) is 0.571. The van der Waals surface area contributed by atoms with E-state index >= 15 is 0 Å². The molecule has 1 unspecified atom stereocenters. The minimum absolute atomic E-state index is 0. The van der Waals surface area contributed by atoms with Crippen molar-refractivity contribution in [2.24, 2.45) is 0 Å². The third kappa shape index (κ3) is 4.57. The summed E-state index contributed by atoms with van der Waals surface area (Å²) in [6, 6.07) is 8.59. The first kappa shape index (κ1) is 18.0. The zero-order chi connectivity index (χ0) is 12.0. The quantitative estimate of drug-likeness (QED) is 0.856. The summed E-state index contributed by atoms with van der Waals surface area (Å²) < 4.78 is 0. The van der Waals surface area contributed by atoms with Crippen LogP contribution >= 0.6 is 0 Å². The molecule has 1 N–H and O–H groups in total. The van der Waals surface area contributed by atoms with E-state index in [1.165, 1.54) is 11.3 Å². The van der Waals surface area contributed by atoms with Crippen molar-refractivity contribution < 1.29 is 68.9 Å². The number of para-hydroxylation sites is 1. The van der Waals surface area contributed by atoms with Crippen LogP contribution in [0.15, 0.2) is 24.3 Å². The first-order valence-corrected chi connectivity index (χ1v) is 6.15. The molecular formula is C14H23CsN2. The number of benzene rings is 1. The summed E-state index contributed by atoms with van der Waals surface area (Å²) in [6.07, 6.45) is 1.13. The minimum Gasteiger partial charge on any atom is -0.665 e. The molecule has 3 heteroatoms. The zero-order valence-electron chi connectivity index (χ0n) is 11.9. The molecule has 1 aliphatic rings. The van der Waals surface area contributed by atoms with Gasteiger partial charge in [0.05, 0.1) is 0 Å². The smallest absolute Gasteiger partial charge is 0.665 e. The third-order valence-corrected chi connectivity index (χ3v) is 3.13. The van der Waals surface area contributed by atoms with Crippen LogP contribution in [-0.4, -0.2) is 20.1 Å². The summed E-state index contributed by atoms with van der Waals surface area (Å²) in [5.74, 6) is 0. The van der Waals surface area contributed by atoms with Crippen LogP contribution in [0, 0.1) is 0 Å². The molecule has 1 heterocycles. The summed E-state index contributed by atoms with van der Waals surface area (Å²) in [6.45, 7) is 8.31. The fourth-order valence-corrected chi connectivity index (χ4v) is 2.13. The maximum absolute atomic E-state index is 4.19. The van der Waals surface area contributed by atoms with Gasteiger partial charge in [-0.05, 0) is 11.6 Å². The standard InChI is InChI=1S/C12H17N2.C2H6.Cs/c1-12(7-8-13-2)9-14-11-6-4-3-5-10(11)12;1-2;/h3-6,14H,7-9H2,1-2H3;1-2H3;/q-1;;+1. The second-order valence-corrected chi connectivity index (χ2v) is 4.25. The van der Waals surface area contributed by atoms with E-state index in [0.29, 0.717) is 0 Å². The van der Waals surface area contributed by atoms with Gasteiger partial charge in [-0.3, -0.25) is 0 Å². The Kier molecular flexibility index (Phi) is 9.57. The van der Waals surface area contributed by atoms with Crippen LogP contribution in [0.1, 0.15) is 32.8 Å². The Bertz CT molecular complexity index is 328. The topological polar surface area (TPSA) is 26.1 Å². The summed E-state index contributed by atoms with van der Waals surface area (Å²) in [5.41, 5.74) is 3.02. The van der Waals surface area contributed by atoms with E-state index in [9.17, 15) is 0 Å². The van der Waals surface area contributed by atoms with Gasteiger partial charge in [-0.1, -0.05) is 45.4 Å². The monoisotopic (exact) mass is 352 g/mol. The maximum Gasteiger partial charge on any atom is 1.00 e. The van der Waals surface area contributed by atoms with Gasteiger partial charge >= 0.3 is 68.9 Å². The van der Waals surface area contributed by atoms with Crippen LogP contribution in [-0.2, 0) is 5.41 Å². The van der Waals surface area contributed by atoms with Crippen molar-refractivity contribution >= 4 is 5.69 Å². The Hall–Kier alpha value is 1.03. The van der Waals surface area contributed by atoms with Gasteiger partial charge < -0.3 is 10.6 Å². The van der Waals surface area contributed by atoms with Gasteiger partial charge in [-0.2, -0.15) is 7.05 Å². The molecular weight excluding hydrogens is 329 g/mol. The molecule has 0 radical (unpaired) electrons. The fourth-order valence-electron chi connectivity index (χ4n) is 2.13. The first-order chi connectivity index (χ1) is 7.76. The molecule has 0 amide bonds. The van der Waals surface area contributed by atoms with Gasteiger partial charge in [0, 0.05) is 17.6 Å². The van der Waals surface area contributed by atoms with Gasteiger partial charge in [-0.25, -0.2) is 0 Å². The summed E-state index contributed by atoms with van der Waals surface area (Å²) >= 11 is 0. The predicted molar refractivity (Wildman–Crippen MR) is 72.4 cm³/mol. The van der Waals surface area contributed by atoms with Crippen molar-refractivity contribution in [3.05, 3.63) is 35.1 Å². The maximum atomic E-state index is 4.19. The molecule has 1 aromatic carbocycles. The van der Waals surface area contributed by atoms with E-state index in [1.807, 2.05) is 20.9 Å². The third-order valence-electron chi connectivity index (χ3n) is 3.13. The van der Waals surface area contributed by atoms with Crippen molar-refractivity contribution in [2.45, 2.75) is 32.6 Å². The van der Waals surface area contributed by atoms with Gasteiger partial charge in [0.15, 0.2) is 0 Å². The van der Waals surface area contributed by atoms with E-state index in [2.05, 4.69) is 41.8 Å². The number of nitrogens with zero attached hydrogens (tertiary/aromatic N) is 1. The SMILES string of the molecule is CC.C[N-]CCC1(C)CNc2ccccc21.[Cs+]. The average Bonchev–Trinajstić information content (AvgIpc) is 2.69. The number of nitrogens with one attached hydrogen (secondary N) is 1. The Balaban J connectivity index is 0.000000811. The molecule has 1 aliphatic heterocycles. The van der Waals surface area contributed by atoms with Crippen LogP contribution in [0.5, 0.6) is 0 Å². The van der Waals surface area contributed by atoms with Gasteiger partial charge in [0.2, 0.25) is 0 Å². The molecule has 0 spiro atoms. The Labute approximate surface area is 165 Å². The molecule has 2 rings (SSSR count). The number of hydrogen-bond donors (Lipinski definition) is 1. The molecule has 1 aromatic rings. The summed E-state index contributed by atoms with van der Waals surface area (Å²) in [7, 11) is 1.89. The van der Waals surface area contributed by atoms with Crippen molar-refractivity contribution in [1.29, 1.82) is 0 Å². The second-order valence-electron chi connectivity index (χ2n) is 4.25. The van der Waals surface area contributed by atoms with Crippen LogP contribution in [0.4, 0.5) is 5.69 Å². The second kappa shape index (κ2) is 9.02. The number of anilines is 1. The number of hydrogen-bond acceptors (Lipinski definition) is 1. The first-order valence-electron chi connectivity index (χ1n) is 6.15. The van der Waals surface area contributed by atoms with E-state index in [1.54, 1.807) is 0 Å². The average molecular weight is 352 g/mol. The number of rotatable bonds is 3. The van der Waals surface area contributed by atoms with Crippen LogP contribution in [0.2, 0.25) is 0 Å². The van der Waals surface area contributed by atoms with Crippen molar-refractivity contribution in [2.75, 3.05) is 25.5 Å². The van der Waals surface area contributed by atoms with Crippen molar-refractivity contribution in [3.63, 3.8) is 0 Å². The molecule has 0 saturated heterocycles. The molecule has 0 aromatic heterocycles. The van der Waals surface area contributed by atoms with E-state index in [0.717, 1.165) is 19.5 Å². The zero-order valence-corrected chi connectivity index (χ0v) is 18.2. The molecule has 0 saturated carbocycles. The predicted octanol–water partition coefficient (Wildman–Crippen LogP) is 0.794. The molecule has 90 valence electrons. The Morgan fingerprint density at radius 3 is 2.59 bits per heavy atom. The van der Waals surface area contributed by atoms with Crippen molar-refractivity contribution in [1.82, 2.24) is 0 Å². The molecule has 0 bridgehead atoms. The molecule has 0 aliphatic carbocycles. The van der Waals surface area contributed by atoms with Crippen LogP contribution in [0.3, 0.4) is 0 Å². The van der Waals surface area contributed by atoms with Crippen LogP contribution in [0.25, 0.3) is 5.32 Å².